The molecule has 0 amide bonds. The molecule has 1 N–H and O–H groups in total. The molecule has 1 aliphatic heterocycles. The van der Waals surface area contributed by atoms with Gasteiger partial charge in [-0.3, -0.25) is 0 Å². The van der Waals surface area contributed by atoms with Gasteiger partial charge >= 0.3 is 0 Å². The van der Waals surface area contributed by atoms with Crippen LogP contribution < -0.4 is 5.32 Å². The molecule has 0 aromatic heterocycles. The zero-order valence-electron chi connectivity index (χ0n) is 19.7. The van der Waals surface area contributed by atoms with Crippen molar-refractivity contribution in [3.05, 3.63) is 59.6 Å². The maximum Gasteiger partial charge on any atom is 0.0870 e. The third-order valence-electron chi connectivity index (χ3n) is 6.59. The van der Waals surface area contributed by atoms with Crippen LogP contribution in [0.1, 0.15) is 70.9 Å². The fraction of sp³-hybridized carbons (Fsp3) is 0.615. The van der Waals surface area contributed by atoms with E-state index in [4.69, 9.17) is 0 Å². The summed E-state index contributed by atoms with van der Waals surface area (Å²) in [4.78, 5) is 4.75. The molecule has 3 nitrogen and oxygen atoms in total. The van der Waals surface area contributed by atoms with Crippen LogP contribution in [0.5, 0.6) is 0 Å². The maximum atomic E-state index is 4.50. The fourth-order valence-corrected chi connectivity index (χ4v) is 4.62. The Kier molecular flexibility index (Phi) is 9.13. The van der Waals surface area contributed by atoms with Crippen molar-refractivity contribution >= 4 is 0 Å². The van der Waals surface area contributed by atoms with Crippen LogP contribution in [0.25, 0.3) is 0 Å². The van der Waals surface area contributed by atoms with Crippen molar-refractivity contribution in [1.82, 2.24) is 15.1 Å². The number of benzene rings is 1. The van der Waals surface area contributed by atoms with Crippen LogP contribution in [0.15, 0.2) is 48.4 Å². The van der Waals surface area contributed by atoms with E-state index in [9.17, 15) is 0 Å². The molecular formula is C26H43N3. The average Bonchev–Trinajstić information content (AvgIpc) is 3.19. The Labute approximate surface area is 179 Å². The Bertz CT molecular complexity index is 670. The van der Waals surface area contributed by atoms with Gasteiger partial charge in [0, 0.05) is 25.8 Å². The van der Waals surface area contributed by atoms with Crippen LogP contribution in [0.3, 0.4) is 0 Å². The summed E-state index contributed by atoms with van der Waals surface area (Å²) in [6.07, 6.45) is 8.76. The highest BCUT2D eigenvalue weighted by molar-refractivity contribution is 5.30. The van der Waals surface area contributed by atoms with E-state index >= 15 is 0 Å². The minimum Gasteiger partial charge on any atom is -0.365 e. The van der Waals surface area contributed by atoms with Crippen molar-refractivity contribution in [3.8, 4) is 0 Å². The summed E-state index contributed by atoms with van der Waals surface area (Å²) in [5, 5.41) is 3.50. The van der Waals surface area contributed by atoms with Crippen LogP contribution in [0, 0.1) is 18.8 Å². The molecule has 1 aromatic carbocycles. The first-order chi connectivity index (χ1) is 14.0. The first kappa shape index (κ1) is 23.4. The van der Waals surface area contributed by atoms with Gasteiger partial charge in [-0.25, -0.2) is 0 Å². The van der Waals surface area contributed by atoms with Gasteiger partial charge in [-0.15, -0.1) is 0 Å². The van der Waals surface area contributed by atoms with E-state index in [1.165, 1.54) is 48.9 Å². The molecule has 1 aliphatic carbocycles. The lowest BCUT2D eigenvalue weighted by Crippen LogP contribution is -2.39. The highest BCUT2D eigenvalue weighted by atomic mass is 15.3. The van der Waals surface area contributed by atoms with E-state index in [2.05, 4.69) is 80.0 Å². The number of rotatable bonds is 7. The van der Waals surface area contributed by atoms with Gasteiger partial charge in [0.1, 0.15) is 0 Å². The lowest BCUT2D eigenvalue weighted by Gasteiger charge is -2.41. The largest absolute Gasteiger partial charge is 0.365 e. The topological polar surface area (TPSA) is 18.5 Å². The second kappa shape index (κ2) is 11.3. The van der Waals surface area contributed by atoms with E-state index in [1.807, 2.05) is 13.8 Å². The Morgan fingerprint density at radius 3 is 2.48 bits per heavy atom. The highest BCUT2D eigenvalue weighted by Crippen LogP contribution is 2.36. The molecule has 1 aromatic rings. The summed E-state index contributed by atoms with van der Waals surface area (Å²) in [5.74, 6) is 1.75. The number of aryl methyl sites for hydroxylation is 1. The molecule has 1 fully saturated rings. The van der Waals surface area contributed by atoms with Gasteiger partial charge < -0.3 is 15.1 Å². The second-order valence-electron chi connectivity index (χ2n) is 8.65. The summed E-state index contributed by atoms with van der Waals surface area (Å²) in [5.41, 5.74) is 5.03. The lowest BCUT2D eigenvalue weighted by atomic mass is 9.77. The SMILES string of the molecule is C=C(C1=CN(C)CN1)N(Cc1cccc(C)c1)C1CCC(C(C)CC)CC1.CC. The van der Waals surface area contributed by atoms with E-state index in [1.54, 1.807) is 0 Å². The van der Waals surface area contributed by atoms with Gasteiger partial charge in [0.25, 0.3) is 0 Å². The van der Waals surface area contributed by atoms with E-state index in [0.717, 1.165) is 30.7 Å². The van der Waals surface area contributed by atoms with Gasteiger partial charge in [0.2, 0.25) is 0 Å². The first-order valence-corrected chi connectivity index (χ1v) is 11.6. The first-order valence-electron chi connectivity index (χ1n) is 11.6. The van der Waals surface area contributed by atoms with Crippen molar-refractivity contribution in [2.75, 3.05) is 13.7 Å². The Morgan fingerprint density at radius 1 is 1.24 bits per heavy atom. The summed E-state index contributed by atoms with van der Waals surface area (Å²) in [7, 11) is 2.11. The van der Waals surface area contributed by atoms with Crippen molar-refractivity contribution in [2.45, 2.75) is 79.3 Å². The van der Waals surface area contributed by atoms with Crippen LogP contribution in [0.2, 0.25) is 0 Å². The van der Waals surface area contributed by atoms with Gasteiger partial charge in [-0.05, 0) is 50.0 Å². The van der Waals surface area contributed by atoms with E-state index < -0.39 is 0 Å². The number of nitrogens with one attached hydrogen (secondary N) is 1. The monoisotopic (exact) mass is 397 g/mol. The summed E-state index contributed by atoms with van der Waals surface area (Å²) in [6.45, 7) is 17.3. The zero-order chi connectivity index (χ0) is 21.4. The van der Waals surface area contributed by atoms with Gasteiger partial charge in [-0.2, -0.15) is 0 Å². The maximum absolute atomic E-state index is 4.50. The molecule has 2 aliphatic rings. The van der Waals surface area contributed by atoms with Gasteiger partial charge in [0.15, 0.2) is 0 Å². The van der Waals surface area contributed by atoms with Crippen molar-refractivity contribution < 1.29 is 0 Å². The molecule has 0 radical (unpaired) electrons. The van der Waals surface area contributed by atoms with Crippen LogP contribution in [-0.2, 0) is 6.54 Å². The molecular weight excluding hydrogens is 354 g/mol. The standard InChI is InChI=1S/C24H37N3.C2H6/c1-6-19(3)22-10-12-23(13-11-22)27(15-21-9-7-8-18(2)14-21)20(4)24-16-26(5)17-25-24;1-2/h7-9,14,16,19,22-23,25H,4,6,10-13,15,17H2,1-3,5H3;1-2H3. The molecule has 3 rings (SSSR count). The summed E-state index contributed by atoms with van der Waals surface area (Å²) < 4.78 is 0. The molecule has 1 saturated carbocycles. The molecule has 1 atom stereocenters. The molecule has 3 heteroatoms. The highest BCUT2D eigenvalue weighted by Gasteiger charge is 2.30. The van der Waals surface area contributed by atoms with Crippen LogP contribution in [-0.4, -0.2) is 29.6 Å². The quantitative estimate of drug-likeness (QED) is 0.584. The number of hydrogen-bond donors (Lipinski definition) is 1. The van der Waals surface area contributed by atoms with E-state index in [-0.39, 0.29) is 0 Å². The minimum absolute atomic E-state index is 0.590. The zero-order valence-corrected chi connectivity index (χ0v) is 19.7. The van der Waals surface area contributed by atoms with Gasteiger partial charge in [-0.1, -0.05) is 70.5 Å². The molecule has 1 unspecified atom stereocenters. The van der Waals surface area contributed by atoms with Crippen molar-refractivity contribution in [1.29, 1.82) is 0 Å². The Morgan fingerprint density at radius 2 is 1.93 bits per heavy atom. The second-order valence-corrected chi connectivity index (χ2v) is 8.65. The van der Waals surface area contributed by atoms with Crippen LogP contribution >= 0.6 is 0 Å². The number of hydrogen-bond acceptors (Lipinski definition) is 3. The smallest absolute Gasteiger partial charge is 0.0870 e. The predicted molar refractivity (Wildman–Crippen MR) is 126 cm³/mol. The molecule has 1 heterocycles. The van der Waals surface area contributed by atoms with Gasteiger partial charge in [0.05, 0.1) is 18.1 Å². The fourth-order valence-electron chi connectivity index (χ4n) is 4.62. The summed E-state index contributed by atoms with van der Waals surface area (Å²) in [6, 6.07) is 9.50. The number of nitrogens with zero attached hydrogens (tertiary/aromatic N) is 2. The lowest BCUT2D eigenvalue weighted by molar-refractivity contribution is 0.144. The third kappa shape index (κ3) is 6.29. The Balaban J connectivity index is 0.00000145. The minimum atomic E-state index is 0.590. The molecule has 162 valence electrons. The predicted octanol–water partition coefficient (Wildman–Crippen LogP) is 6.28. The molecule has 29 heavy (non-hydrogen) atoms. The van der Waals surface area contributed by atoms with Crippen molar-refractivity contribution in [3.63, 3.8) is 0 Å². The average molecular weight is 398 g/mol. The summed E-state index contributed by atoms with van der Waals surface area (Å²) >= 11 is 0. The van der Waals surface area contributed by atoms with E-state index in [0.29, 0.717) is 6.04 Å². The molecule has 0 spiro atoms. The Hall–Kier alpha value is -1.90. The van der Waals surface area contributed by atoms with Crippen LogP contribution in [0.4, 0.5) is 0 Å². The van der Waals surface area contributed by atoms with Crippen molar-refractivity contribution in [2.24, 2.45) is 11.8 Å². The molecule has 0 saturated heterocycles. The molecule has 0 bridgehead atoms. The third-order valence-corrected chi connectivity index (χ3v) is 6.59. The normalized spacial score (nSPS) is 22.1.